The van der Waals surface area contributed by atoms with Crippen molar-refractivity contribution in [2.75, 3.05) is 32.9 Å². The van der Waals surface area contributed by atoms with Gasteiger partial charge in [-0.3, -0.25) is 9.59 Å². The molecule has 236 valence electrons. The van der Waals surface area contributed by atoms with Crippen LogP contribution in [0.4, 0.5) is 0 Å². The van der Waals surface area contributed by atoms with E-state index < -0.39 is 12.0 Å². The van der Waals surface area contributed by atoms with Crippen LogP contribution in [0.3, 0.4) is 0 Å². The van der Waals surface area contributed by atoms with Gasteiger partial charge in [0, 0.05) is 31.4 Å². The fourth-order valence-electron chi connectivity index (χ4n) is 5.44. The van der Waals surface area contributed by atoms with Crippen molar-refractivity contribution in [2.24, 2.45) is 0 Å². The quantitative estimate of drug-likeness (QED) is 0.265. The zero-order valence-electron chi connectivity index (χ0n) is 26.3. The van der Waals surface area contributed by atoms with Crippen LogP contribution >= 0.6 is 0 Å². The summed E-state index contributed by atoms with van der Waals surface area (Å²) >= 11 is 0. The highest BCUT2D eigenvalue weighted by molar-refractivity contribution is 5.98. The van der Waals surface area contributed by atoms with Crippen molar-refractivity contribution in [1.29, 1.82) is 0 Å². The normalized spacial score (nSPS) is 14.2. The summed E-state index contributed by atoms with van der Waals surface area (Å²) in [5.74, 6) is -0.581. The van der Waals surface area contributed by atoms with E-state index in [0.29, 0.717) is 54.4 Å². The second-order valence-electron chi connectivity index (χ2n) is 11.1. The van der Waals surface area contributed by atoms with Gasteiger partial charge in [-0.15, -0.1) is 0 Å². The van der Waals surface area contributed by atoms with E-state index >= 15 is 0 Å². The van der Waals surface area contributed by atoms with Gasteiger partial charge in [-0.1, -0.05) is 51.0 Å². The molecule has 0 radical (unpaired) electrons. The van der Waals surface area contributed by atoms with E-state index in [1.54, 1.807) is 40.8 Å². The molecule has 0 saturated heterocycles. The Hall–Kier alpha value is -4.18. The average molecular weight is 605 g/mol. The second-order valence-corrected chi connectivity index (χ2v) is 11.1. The van der Waals surface area contributed by atoms with Crippen molar-refractivity contribution in [3.05, 3.63) is 76.6 Å². The van der Waals surface area contributed by atoms with E-state index in [1.165, 1.54) is 0 Å². The lowest BCUT2D eigenvalue weighted by Crippen LogP contribution is -2.46. The van der Waals surface area contributed by atoms with Crippen LogP contribution in [-0.2, 0) is 22.5 Å². The number of nitrogens with zero attached hydrogens (tertiary/aromatic N) is 4. The Morgan fingerprint density at radius 3 is 2.36 bits per heavy atom. The largest absolute Gasteiger partial charge is 0.482 e. The third-order valence-corrected chi connectivity index (χ3v) is 7.87. The Labute approximate surface area is 259 Å². The molecule has 0 saturated carbocycles. The van der Waals surface area contributed by atoms with Gasteiger partial charge in [0.05, 0.1) is 30.5 Å². The molecule has 2 aromatic carbocycles. The Kier molecular flexibility index (Phi) is 11.5. The topological polar surface area (TPSA) is 114 Å². The van der Waals surface area contributed by atoms with Gasteiger partial charge in [-0.25, -0.2) is 9.48 Å². The molecule has 1 aliphatic rings. The van der Waals surface area contributed by atoms with Crippen molar-refractivity contribution in [3.63, 3.8) is 0 Å². The lowest BCUT2D eigenvalue weighted by atomic mass is 9.93. The van der Waals surface area contributed by atoms with E-state index in [9.17, 15) is 19.5 Å². The van der Waals surface area contributed by atoms with Crippen LogP contribution in [0.15, 0.2) is 48.5 Å². The molecule has 1 unspecified atom stereocenters. The average Bonchev–Trinajstić information content (AvgIpc) is 3.43. The van der Waals surface area contributed by atoms with E-state index in [-0.39, 0.29) is 31.6 Å². The summed E-state index contributed by atoms with van der Waals surface area (Å²) < 4.78 is 12.3. The highest BCUT2D eigenvalue weighted by Gasteiger charge is 2.32. The Balaban J connectivity index is 1.73. The predicted octanol–water partition coefficient (Wildman–Crippen LogP) is 4.72. The number of aryl methyl sites for hydroxylation is 1. The zero-order valence-corrected chi connectivity index (χ0v) is 26.3. The van der Waals surface area contributed by atoms with Gasteiger partial charge in [0.25, 0.3) is 11.8 Å². The Bertz CT molecular complexity index is 1440. The molecular weight excluding hydrogens is 560 g/mol. The molecule has 1 N–H and O–H groups in total. The molecule has 3 aromatic rings. The fourth-order valence-corrected chi connectivity index (χ4v) is 5.44. The van der Waals surface area contributed by atoms with Crippen molar-refractivity contribution in [1.82, 2.24) is 19.6 Å². The van der Waals surface area contributed by atoms with Gasteiger partial charge < -0.3 is 24.4 Å². The molecule has 10 nitrogen and oxygen atoms in total. The van der Waals surface area contributed by atoms with E-state index in [4.69, 9.17) is 14.6 Å². The monoisotopic (exact) mass is 604 g/mol. The molecular formula is C34H44N4O6. The maximum Gasteiger partial charge on any atom is 0.344 e. The van der Waals surface area contributed by atoms with Crippen LogP contribution in [0.5, 0.6) is 5.75 Å². The van der Waals surface area contributed by atoms with Gasteiger partial charge in [0.15, 0.2) is 12.3 Å². The summed E-state index contributed by atoms with van der Waals surface area (Å²) in [5.41, 5.74) is 3.86. The van der Waals surface area contributed by atoms with Gasteiger partial charge in [-0.05, 0) is 62.4 Å². The number of carbonyl (C=O) groups is 3. The molecule has 1 aromatic heterocycles. The first-order valence-electron chi connectivity index (χ1n) is 15.6. The van der Waals surface area contributed by atoms with Crippen LogP contribution in [0, 0.1) is 6.92 Å². The SMILES string of the molecule is CCCCN(CCCC)C(=O)c1cc(C)n(-c2cc(OCC(=O)OCC)ccc2C(=O)N2Cc3ccccc3CC2CO)n1. The van der Waals surface area contributed by atoms with E-state index in [2.05, 4.69) is 13.8 Å². The first-order chi connectivity index (χ1) is 21.3. The maximum atomic E-state index is 14.2. The zero-order chi connectivity index (χ0) is 31.6. The van der Waals surface area contributed by atoms with Crippen molar-refractivity contribution in [3.8, 4) is 11.4 Å². The standard InChI is InChI=1S/C34H44N4O6/c1-5-8-16-36(17-9-6-2)34(42)30-18-24(4)38(35-30)31-20-28(44-23-32(40)43-7-3)14-15-29(31)33(41)37-21-26-13-11-10-12-25(26)19-27(37)22-39/h10-15,18,20,27,39H,5-9,16-17,19,21-23H2,1-4H3. The molecule has 44 heavy (non-hydrogen) atoms. The number of benzene rings is 2. The third-order valence-electron chi connectivity index (χ3n) is 7.87. The lowest BCUT2D eigenvalue weighted by Gasteiger charge is -2.36. The summed E-state index contributed by atoms with van der Waals surface area (Å²) in [6.45, 7) is 9.18. The van der Waals surface area contributed by atoms with Crippen molar-refractivity contribution < 1.29 is 29.0 Å². The van der Waals surface area contributed by atoms with E-state index in [0.717, 1.165) is 36.8 Å². The number of amides is 2. The summed E-state index contributed by atoms with van der Waals surface area (Å²) in [4.78, 5) is 43.3. The van der Waals surface area contributed by atoms with E-state index in [1.807, 2.05) is 36.1 Å². The molecule has 2 heterocycles. The maximum absolute atomic E-state index is 14.2. The van der Waals surface area contributed by atoms with Crippen LogP contribution < -0.4 is 4.74 Å². The Morgan fingerprint density at radius 2 is 1.70 bits per heavy atom. The second kappa shape index (κ2) is 15.5. The number of aliphatic hydroxyl groups is 1. The van der Waals surface area contributed by atoms with Crippen LogP contribution in [0.2, 0.25) is 0 Å². The minimum Gasteiger partial charge on any atom is -0.482 e. The number of fused-ring (bicyclic) bond motifs is 1. The minimum absolute atomic E-state index is 0.149. The first kappa shape index (κ1) is 32.7. The molecule has 0 fully saturated rings. The van der Waals surface area contributed by atoms with Gasteiger partial charge in [0.1, 0.15) is 5.75 Å². The fraction of sp³-hybridized carbons (Fsp3) is 0.471. The molecule has 10 heteroatoms. The summed E-state index contributed by atoms with van der Waals surface area (Å²) in [6.07, 6.45) is 4.29. The number of hydrogen-bond acceptors (Lipinski definition) is 7. The Morgan fingerprint density at radius 1 is 1.00 bits per heavy atom. The van der Waals surface area contributed by atoms with Crippen LogP contribution in [0.1, 0.15) is 84.1 Å². The minimum atomic E-state index is -0.505. The molecule has 4 rings (SSSR count). The molecule has 2 amide bonds. The smallest absolute Gasteiger partial charge is 0.344 e. The highest BCUT2D eigenvalue weighted by atomic mass is 16.6. The highest BCUT2D eigenvalue weighted by Crippen LogP contribution is 2.29. The van der Waals surface area contributed by atoms with Gasteiger partial charge in [0.2, 0.25) is 0 Å². The molecule has 0 bridgehead atoms. The molecule has 0 spiro atoms. The van der Waals surface area contributed by atoms with Gasteiger partial charge in [-0.2, -0.15) is 5.10 Å². The number of aromatic nitrogens is 2. The number of hydrogen-bond donors (Lipinski definition) is 1. The van der Waals surface area contributed by atoms with Gasteiger partial charge >= 0.3 is 5.97 Å². The van der Waals surface area contributed by atoms with Crippen LogP contribution in [-0.4, -0.2) is 81.4 Å². The molecule has 0 aliphatic carbocycles. The number of esters is 1. The third kappa shape index (κ3) is 7.66. The number of rotatable bonds is 14. The predicted molar refractivity (Wildman–Crippen MR) is 167 cm³/mol. The number of aliphatic hydroxyl groups excluding tert-OH is 1. The summed E-state index contributed by atoms with van der Waals surface area (Å²) in [6, 6.07) is 14.2. The number of carbonyl (C=O) groups excluding carboxylic acids is 3. The van der Waals surface area contributed by atoms with Crippen molar-refractivity contribution in [2.45, 2.75) is 72.4 Å². The summed E-state index contributed by atoms with van der Waals surface area (Å²) in [5, 5.41) is 14.9. The number of unbranched alkanes of at least 4 members (excludes halogenated alkanes) is 2. The molecule has 1 atom stereocenters. The lowest BCUT2D eigenvalue weighted by molar-refractivity contribution is -0.145. The van der Waals surface area contributed by atoms with Crippen LogP contribution in [0.25, 0.3) is 5.69 Å². The molecule has 1 aliphatic heterocycles. The summed E-state index contributed by atoms with van der Waals surface area (Å²) in [7, 11) is 0. The first-order valence-corrected chi connectivity index (χ1v) is 15.6. The van der Waals surface area contributed by atoms with Crippen molar-refractivity contribution >= 4 is 17.8 Å². The number of ether oxygens (including phenoxy) is 2.